The van der Waals surface area contributed by atoms with Crippen LogP contribution in [-0.4, -0.2) is 42.9 Å². The number of aromatic hydroxyl groups is 1. The Kier molecular flexibility index (Phi) is 13.5. The zero-order valence-electron chi connectivity index (χ0n) is 28.0. The van der Waals surface area contributed by atoms with Gasteiger partial charge in [-0.05, 0) is 85.7 Å². The van der Waals surface area contributed by atoms with Crippen LogP contribution < -0.4 is 135 Å². The Morgan fingerprint density at radius 3 is 2.12 bits per heavy atom. The summed E-state index contributed by atoms with van der Waals surface area (Å²) in [7, 11) is -1.69. The van der Waals surface area contributed by atoms with Gasteiger partial charge in [0.2, 0.25) is 0 Å². The number of pyridine rings is 2. The van der Waals surface area contributed by atoms with E-state index >= 15 is 0 Å². The Morgan fingerprint density at radius 1 is 0.882 bits per heavy atom. The van der Waals surface area contributed by atoms with Crippen LogP contribution in [0.4, 0.5) is 5.69 Å². The molecule has 0 spiro atoms. The van der Waals surface area contributed by atoms with Gasteiger partial charge in [0.05, 0.1) is 39.4 Å². The van der Waals surface area contributed by atoms with E-state index < -0.39 is 32.0 Å². The van der Waals surface area contributed by atoms with E-state index in [0.717, 1.165) is 21.8 Å². The fourth-order valence-electron chi connectivity index (χ4n) is 5.50. The van der Waals surface area contributed by atoms with E-state index in [0.29, 0.717) is 33.8 Å². The van der Waals surface area contributed by atoms with Crippen molar-refractivity contribution in [2.75, 3.05) is 5.01 Å². The van der Waals surface area contributed by atoms with Crippen molar-refractivity contribution < 1.29 is 140 Å². The molecule has 1 amide bonds. The van der Waals surface area contributed by atoms with Crippen LogP contribution in [0.25, 0.3) is 29.2 Å². The summed E-state index contributed by atoms with van der Waals surface area (Å²) in [5.74, 6) is -0.543. The molecule has 1 aromatic heterocycles. The van der Waals surface area contributed by atoms with Gasteiger partial charge in [0.25, 0.3) is 17.0 Å². The van der Waals surface area contributed by atoms with Crippen molar-refractivity contribution in [1.29, 1.82) is 0 Å². The number of benzene rings is 2. The van der Waals surface area contributed by atoms with Gasteiger partial charge in [-0.25, -0.2) is 8.42 Å². The molecule has 3 aliphatic rings. The molecule has 0 bridgehead atoms. The van der Waals surface area contributed by atoms with Crippen LogP contribution in [0, 0.1) is 13.8 Å². The summed E-state index contributed by atoms with van der Waals surface area (Å²) >= 11 is 0.692. The second-order valence-corrected chi connectivity index (χ2v) is 13.0. The molecule has 3 aliphatic heterocycles. The van der Waals surface area contributed by atoms with Crippen LogP contribution in [0.1, 0.15) is 27.0 Å². The van der Waals surface area contributed by atoms with E-state index in [2.05, 4.69) is 19.6 Å². The average Bonchev–Trinajstić information content (AvgIpc) is 3.61. The van der Waals surface area contributed by atoms with Crippen molar-refractivity contribution in [2.45, 2.75) is 23.6 Å². The quantitative estimate of drug-likeness (QED) is 0.0514. The van der Waals surface area contributed by atoms with Gasteiger partial charge in [0, 0.05) is 29.8 Å². The number of rotatable bonds is 8. The summed E-state index contributed by atoms with van der Waals surface area (Å²) in [6.45, 7) is 3.25. The van der Waals surface area contributed by atoms with Crippen LogP contribution in [0.3, 0.4) is 0 Å². The van der Waals surface area contributed by atoms with Crippen LogP contribution in [0.2, 0.25) is 0 Å². The largest absolute Gasteiger partial charge is 1.00 e. The maximum atomic E-state index is 13.5. The molecular weight excluding hydrogens is 759 g/mol. The standard InChI is InChI=1S/C31H26N6O10S2.2K/c1-16-22(28(38)34(3)26-24(16)30(40)36(32-26)18-8-12-20(13-9-18)48-47-46-42)6-5-7-23-17(2)25-27(35(4)29(23)39)33-37(31(25)41)19-10-14-21(15-11-19)49(43,44)45;;/h5-15,39,42H,1-4H3,(H,43,44,45);;/q;2*+1/p-2. The summed E-state index contributed by atoms with van der Waals surface area (Å²) in [5.41, 5.74) is 1.23. The van der Waals surface area contributed by atoms with Crippen LogP contribution in [-0.2, 0) is 33.6 Å². The van der Waals surface area contributed by atoms with Crippen molar-refractivity contribution in [2.24, 2.45) is 19.2 Å². The molecule has 0 fully saturated rings. The molecule has 0 unspecified atom stereocenters. The number of nitrogens with zero attached hydrogens (tertiary/aromatic N) is 6. The van der Waals surface area contributed by atoms with Gasteiger partial charge in [-0.3, -0.25) is 28.6 Å². The normalized spacial score (nSPS) is 13.0. The Balaban J connectivity index is 0.00000292. The molecule has 0 aliphatic carbocycles. The van der Waals surface area contributed by atoms with E-state index in [1.54, 1.807) is 38.1 Å². The van der Waals surface area contributed by atoms with E-state index in [4.69, 9.17) is 0 Å². The van der Waals surface area contributed by atoms with Gasteiger partial charge in [-0.1, -0.05) is 6.08 Å². The fraction of sp³-hybridized carbons (Fsp3) is 0.129. The monoisotopic (exact) mass is 782 g/mol. The van der Waals surface area contributed by atoms with Gasteiger partial charge < -0.3 is 14.9 Å². The third-order valence-electron chi connectivity index (χ3n) is 8.07. The topological polar surface area (TPSA) is 213 Å². The smallest absolute Gasteiger partial charge is 0.744 e. The minimum Gasteiger partial charge on any atom is -0.744 e. The second-order valence-electron chi connectivity index (χ2n) is 10.8. The number of carbonyl (C=O) groups excluding carboxylic acids is 1. The number of anilines is 1. The van der Waals surface area contributed by atoms with Gasteiger partial charge in [0.1, 0.15) is 10.1 Å². The summed E-state index contributed by atoms with van der Waals surface area (Å²) in [4.78, 5) is 40.5. The third-order valence-corrected chi connectivity index (χ3v) is 9.51. The summed E-state index contributed by atoms with van der Waals surface area (Å²) in [6, 6.07) is 11.1. The van der Waals surface area contributed by atoms with Crippen molar-refractivity contribution in [1.82, 2.24) is 18.9 Å². The molecular formula is C31H24K2N6O10S2. The second kappa shape index (κ2) is 16.5. The third kappa shape index (κ3) is 7.78. The number of amides is 1. The molecule has 1 N–H and O–H groups in total. The van der Waals surface area contributed by atoms with Crippen LogP contribution in [0.5, 0.6) is 5.88 Å². The number of hydrogen-bond acceptors (Lipinski definition) is 13. The molecule has 51 heavy (non-hydrogen) atoms. The summed E-state index contributed by atoms with van der Waals surface area (Å²) in [6.07, 6.45) is 4.52. The van der Waals surface area contributed by atoms with E-state index in [-0.39, 0.29) is 148 Å². The zero-order valence-corrected chi connectivity index (χ0v) is 35.9. The average molecular weight is 783 g/mol. The van der Waals surface area contributed by atoms with E-state index in [1.165, 1.54) is 53.6 Å². The van der Waals surface area contributed by atoms with E-state index in [1.807, 2.05) is 0 Å². The molecule has 0 saturated carbocycles. The number of aromatic nitrogens is 4. The molecule has 0 radical (unpaired) electrons. The maximum absolute atomic E-state index is 13.5. The van der Waals surface area contributed by atoms with Gasteiger partial charge >= 0.3 is 103 Å². The van der Waals surface area contributed by atoms with Crippen LogP contribution >= 0.6 is 12.0 Å². The molecule has 0 saturated heterocycles. The summed E-state index contributed by atoms with van der Waals surface area (Å²) in [5, 5.41) is 34.6. The molecule has 20 heteroatoms. The Hall–Kier alpha value is -2.10. The first kappa shape index (κ1) is 41.7. The molecule has 4 heterocycles. The van der Waals surface area contributed by atoms with Crippen molar-refractivity contribution >= 4 is 45.9 Å². The van der Waals surface area contributed by atoms with Gasteiger partial charge in [-0.2, -0.15) is 14.0 Å². The Bertz CT molecular complexity index is 2530. The maximum Gasteiger partial charge on any atom is 1.00 e. The molecule has 0 atom stereocenters. The predicted molar refractivity (Wildman–Crippen MR) is 172 cm³/mol. The Morgan fingerprint density at radius 2 is 1.51 bits per heavy atom. The molecule has 6 rings (SSSR count). The zero-order chi connectivity index (χ0) is 35.4. The van der Waals surface area contributed by atoms with Gasteiger partial charge in [0.15, 0.2) is 17.2 Å². The molecule has 3 aromatic rings. The van der Waals surface area contributed by atoms with Crippen molar-refractivity contribution in [3.8, 4) is 23.0 Å². The van der Waals surface area contributed by atoms with Crippen LogP contribution in [0.15, 0.2) is 79.1 Å². The first-order valence-electron chi connectivity index (χ1n) is 14.2. The first-order valence-corrected chi connectivity index (χ1v) is 16.3. The fourth-order valence-corrected chi connectivity index (χ4v) is 6.32. The molecule has 2 aromatic carbocycles. The van der Waals surface area contributed by atoms with E-state index in [9.17, 15) is 37.7 Å². The number of carbonyl (C=O) groups is 1. The molecule has 16 nitrogen and oxygen atoms in total. The number of allylic oxidation sites excluding steroid dienone is 1. The minimum atomic E-state index is -4.69. The number of fused-ring (bicyclic) bond motifs is 2. The molecule has 252 valence electrons. The van der Waals surface area contributed by atoms with Crippen molar-refractivity contribution in [3.63, 3.8) is 0 Å². The minimum absolute atomic E-state index is 0. The Labute approximate surface area is 378 Å². The van der Waals surface area contributed by atoms with Gasteiger partial charge in [-0.15, -0.1) is 10.2 Å². The SMILES string of the molecule is Cc1c(C=CC=c2c(C)c3c(n(C)c2=O)=NN(c2ccc(SOO[O-])cc2)C3=O)c(O)n(C)c2nn(-c3ccc(S(=O)(=O)[O-])cc3)c(=O)c1-2.[K+].[K+]. The first-order chi connectivity index (χ1) is 23.2. The number of hydrogen-bond donors (Lipinski definition) is 1. The summed E-state index contributed by atoms with van der Waals surface area (Å²) < 4.78 is 41.8. The van der Waals surface area contributed by atoms with Crippen molar-refractivity contribution in [3.05, 3.63) is 108 Å². The predicted octanol–water partition coefficient (Wildman–Crippen LogP) is -5.47.